The van der Waals surface area contributed by atoms with E-state index in [9.17, 15) is 9.59 Å². The van der Waals surface area contributed by atoms with Crippen molar-refractivity contribution in [3.8, 4) is 5.69 Å². The molecule has 0 fully saturated rings. The topological polar surface area (TPSA) is 79.0 Å². The summed E-state index contributed by atoms with van der Waals surface area (Å²) in [5, 5.41) is 5.74. The number of aromatic nitrogens is 2. The van der Waals surface area contributed by atoms with E-state index in [4.69, 9.17) is 4.52 Å². The first kappa shape index (κ1) is 19.0. The molecular formula is C20H22N3O3S+. The average molecular weight is 384 g/mol. The highest BCUT2D eigenvalue weighted by Crippen LogP contribution is 2.18. The molecule has 0 aliphatic carbocycles. The van der Waals surface area contributed by atoms with Crippen molar-refractivity contribution in [2.75, 3.05) is 11.1 Å². The van der Waals surface area contributed by atoms with Gasteiger partial charge >= 0.3 is 10.7 Å². The maximum absolute atomic E-state index is 12.2. The largest absolute Gasteiger partial charge is 0.442 e. The summed E-state index contributed by atoms with van der Waals surface area (Å²) in [7, 11) is 0. The van der Waals surface area contributed by atoms with Gasteiger partial charge in [0.25, 0.3) is 0 Å². The van der Waals surface area contributed by atoms with Gasteiger partial charge in [0.15, 0.2) is 0 Å². The molecule has 1 amide bonds. The van der Waals surface area contributed by atoms with Crippen LogP contribution in [0, 0.1) is 6.92 Å². The molecule has 0 radical (unpaired) electrons. The van der Waals surface area contributed by atoms with Crippen LogP contribution in [-0.2, 0) is 4.79 Å². The molecule has 7 heteroatoms. The van der Waals surface area contributed by atoms with Crippen LogP contribution < -0.4 is 15.6 Å². The van der Waals surface area contributed by atoms with Crippen LogP contribution in [0.1, 0.15) is 30.9 Å². The van der Waals surface area contributed by atoms with Gasteiger partial charge in [-0.15, -0.1) is 0 Å². The summed E-state index contributed by atoms with van der Waals surface area (Å²) in [6, 6.07) is 15.4. The normalized spacial score (nSPS) is 11.0. The van der Waals surface area contributed by atoms with Gasteiger partial charge in [-0.1, -0.05) is 43.7 Å². The molecular weight excluding hydrogens is 362 g/mol. The summed E-state index contributed by atoms with van der Waals surface area (Å²) in [4.78, 5) is 24.2. The fourth-order valence-electron chi connectivity index (χ4n) is 2.53. The molecule has 0 atom stereocenters. The van der Waals surface area contributed by atoms with Crippen LogP contribution in [0.2, 0.25) is 0 Å². The zero-order valence-corrected chi connectivity index (χ0v) is 16.3. The van der Waals surface area contributed by atoms with Gasteiger partial charge < -0.3 is 5.32 Å². The first-order valence-electron chi connectivity index (χ1n) is 8.67. The van der Waals surface area contributed by atoms with Crippen LogP contribution in [0.4, 0.5) is 5.69 Å². The number of hydrogen-bond acceptors (Lipinski definition) is 4. The van der Waals surface area contributed by atoms with Gasteiger partial charge in [0.2, 0.25) is 11.6 Å². The lowest BCUT2D eigenvalue weighted by molar-refractivity contribution is -0.704. The number of H-pyrrole nitrogens is 1. The van der Waals surface area contributed by atoms with Crippen LogP contribution in [-0.4, -0.2) is 16.9 Å². The summed E-state index contributed by atoms with van der Waals surface area (Å²) in [6.45, 7) is 6.23. The van der Waals surface area contributed by atoms with Crippen molar-refractivity contribution in [1.29, 1.82) is 0 Å². The lowest BCUT2D eigenvalue weighted by atomic mass is 10.0. The number of carbonyl (C=O) groups is 1. The maximum atomic E-state index is 12.2. The minimum absolute atomic E-state index is 0.0976. The number of thioether (sulfide) groups is 1. The van der Waals surface area contributed by atoms with Crippen molar-refractivity contribution in [2.24, 2.45) is 0 Å². The fraction of sp³-hybridized carbons (Fsp3) is 0.250. The van der Waals surface area contributed by atoms with Crippen LogP contribution in [0.25, 0.3) is 5.69 Å². The Bertz CT molecular complexity index is 973. The van der Waals surface area contributed by atoms with E-state index in [0.717, 1.165) is 28.7 Å². The number of amides is 1. The SMILES string of the molecule is Cc1ccc(-[n+]2[nH]oc(=O)c2SCC(=O)Nc2ccc(C(C)C)cc2)cc1. The zero-order valence-electron chi connectivity index (χ0n) is 15.5. The molecule has 0 aliphatic heterocycles. The number of benzene rings is 2. The van der Waals surface area contributed by atoms with E-state index in [2.05, 4.69) is 24.4 Å². The average Bonchev–Trinajstić information content (AvgIpc) is 3.01. The Labute approximate surface area is 161 Å². The molecule has 140 valence electrons. The Kier molecular flexibility index (Phi) is 5.81. The minimum Gasteiger partial charge on any atom is -0.325 e. The van der Waals surface area contributed by atoms with Crippen molar-refractivity contribution < 1.29 is 14.0 Å². The number of aryl methyl sites for hydroxylation is 1. The number of anilines is 1. The molecule has 27 heavy (non-hydrogen) atoms. The lowest BCUT2D eigenvalue weighted by Gasteiger charge is -2.07. The van der Waals surface area contributed by atoms with Gasteiger partial charge in [0.1, 0.15) is 0 Å². The van der Waals surface area contributed by atoms with Gasteiger partial charge in [-0.2, -0.15) is 0 Å². The Morgan fingerprint density at radius 3 is 2.44 bits per heavy atom. The summed E-state index contributed by atoms with van der Waals surface area (Å²) < 4.78 is 6.44. The summed E-state index contributed by atoms with van der Waals surface area (Å²) in [5.41, 5.74) is 3.32. The van der Waals surface area contributed by atoms with E-state index in [-0.39, 0.29) is 11.7 Å². The monoisotopic (exact) mass is 384 g/mol. The molecule has 0 bridgehead atoms. The molecule has 6 nitrogen and oxygen atoms in total. The fourth-order valence-corrected chi connectivity index (χ4v) is 3.30. The summed E-state index contributed by atoms with van der Waals surface area (Å²) in [5.74, 6) is 0.351. The first-order chi connectivity index (χ1) is 12.9. The van der Waals surface area contributed by atoms with Crippen LogP contribution >= 0.6 is 11.8 Å². The third kappa shape index (κ3) is 4.68. The zero-order chi connectivity index (χ0) is 19.4. The maximum Gasteiger partial charge on any atom is 0.442 e. The van der Waals surface area contributed by atoms with Gasteiger partial charge in [-0.05, 0) is 52.3 Å². The van der Waals surface area contributed by atoms with Crippen molar-refractivity contribution in [3.05, 3.63) is 70.1 Å². The molecule has 3 rings (SSSR count). The Balaban J connectivity index is 1.66. The number of carbonyl (C=O) groups excluding carboxylic acids is 1. The van der Waals surface area contributed by atoms with Gasteiger partial charge in [-0.3, -0.25) is 9.32 Å². The highest BCUT2D eigenvalue weighted by atomic mass is 32.2. The predicted octanol–water partition coefficient (Wildman–Crippen LogP) is 3.41. The molecule has 1 heterocycles. The number of hydrogen-bond donors (Lipinski definition) is 2. The molecule has 0 saturated heterocycles. The Morgan fingerprint density at radius 1 is 1.15 bits per heavy atom. The van der Waals surface area contributed by atoms with Crippen molar-refractivity contribution in [3.63, 3.8) is 0 Å². The van der Waals surface area contributed by atoms with E-state index in [0.29, 0.717) is 10.9 Å². The number of nitrogens with one attached hydrogen (secondary N) is 2. The smallest absolute Gasteiger partial charge is 0.325 e. The second-order valence-corrected chi connectivity index (χ2v) is 7.53. The third-order valence-electron chi connectivity index (χ3n) is 4.10. The molecule has 1 aromatic heterocycles. The quantitative estimate of drug-likeness (QED) is 0.504. The van der Waals surface area contributed by atoms with E-state index in [1.165, 1.54) is 10.2 Å². The molecule has 3 aromatic rings. The number of aromatic amines is 1. The van der Waals surface area contributed by atoms with Gasteiger partial charge in [0.05, 0.1) is 5.75 Å². The second kappa shape index (κ2) is 8.26. The molecule has 0 saturated carbocycles. The Hall–Kier alpha value is -2.80. The highest BCUT2D eigenvalue weighted by Gasteiger charge is 2.24. The molecule has 0 unspecified atom stereocenters. The number of rotatable bonds is 6. The van der Waals surface area contributed by atoms with Gasteiger partial charge in [0, 0.05) is 17.8 Å². The first-order valence-corrected chi connectivity index (χ1v) is 9.66. The van der Waals surface area contributed by atoms with E-state index >= 15 is 0 Å². The Morgan fingerprint density at radius 2 is 1.81 bits per heavy atom. The van der Waals surface area contributed by atoms with Crippen LogP contribution in [0.3, 0.4) is 0 Å². The van der Waals surface area contributed by atoms with Crippen molar-refractivity contribution in [2.45, 2.75) is 31.7 Å². The molecule has 2 aromatic carbocycles. The van der Waals surface area contributed by atoms with Gasteiger partial charge in [-0.25, -0.2) is 4.79 Å². The highest BCUT2D eigenvalue weighted by molar-refractivity contribution is 7.99. The molecule has 0 aliphatic rings. The molecule has 0 spiro atoms. The predicted molar refractivity (Wildman–Crippen MR) is 105 cm³/mol. The van der Waals surface area contributed by atoms with Crippen LogP contribution in [0.5, 0.6) is 0 Å². The van der Waals surface area contributed by atoms with Crippen molar-refractivity contribution >= 4 is 23.4 Å². The third-order valence-corrected chi connectivity index (χ3v) is 5.13. The van der Waals surface area contributed by atoms with Crippen molar-refractivity contribution in [1.82, 2.24) is 5.27 Å². The number of nitrogens with zero attached hydrogens (tertiary/aromatic N) is 1. The van der Waals surface area contributed by atoms with E-state index < -0.39 is 5.63 Å². The summed E-state index contributed by atoms with van der Waals surface area (Å²) >= 11 is 1.13. The lowest BCUT2D eigenvalue weighted by Crippen LogP contribution is -2.36. The molecule has 2 N–H and O–H groups in total. The summed E-state index contributed by atoms with van der Waals surface area (Å²) in [6.07, 6.45) is 0. The van der Waals surface area contributed by atoms with E-state index in [1.807, 2.05) is 55.5 Å². The minimum atomic E-state index is -0.505. The van der Waals surface area contributed by atoms with Crippen LogP contribution in [0.15, 0.2) is 62.9 Å². The van der Waals surface area contributed by atoms with E-state index in [1.54, 1.807) is 0 Å². The second-order valence-electron chi connectivity index (χ2n) is 6.57. The standard InChI is InChI=1S/C20H21N3O3S/c1-13(2)15-6-8-16(9-7-15)21-18(24)12-27-19-20(25)26-22-23(19)17-10-4-14(3)5-11-17/h4-11,13H,12H2,1-3H3,(H-,21,22,24,25)/p+1.